The van der Waals surface area contributed by atoms with Crippen molar-refractivity contribution in [1.29, 1.82) is 0 Å². The third-order valence-corrected chi connectivity index (χ3v) is 3.12. The first-order chi connectivity index (χ1) is 9.38. The zero-order valence-corrected chi connectivity index (χ0v) is 12.0. The number of hydrogen-bond donors (Lipinski definition) is 0. The second-order valence-corrected chi connectivity index (χ2v) is 4.84. The Hall–Kier alpha value is -2.15. The van der Waals surface area contributed by atoms with Gasteiger partial charge in [-0.1, -0.05) is 16.8 Å². The van der Waals surface area contributed by atoms with E-state index in [0.29, 0.717) is 34.5 Å². The van der Waals surface area contributed by atoms with Crippen LogP contribution in [0.4, 0.5) is 11.4 Å². The number of nitro groups is 1. The van der Waals surface area contributed by atoms with Crippen LogP contribution in [0.3, 0.4) is 0 Å². The normalized spacial score (nSPS) is 10.6. The van der Waals surface area contributed by atoms with Gasteiger partial charge in [-0.25, -0.2) is 0 Å². The van der Waals surface area contributed by atoms with E-state index in [2.05, 4.69) is 10.1 Å². The van der Waals surface area contributed by atoms with Gasteiger partial charge in [-0.15, -0.1) is 0 Å². The summed E-state index contributed by atoms with van der Waals surface area (Å²) >= 11 is 6.10. The summed E-state index contributed by atoms with van der Waals surface area (Å²) < 4.78 is 4.90. The number of hydrogen-bond acceptors (Lipinski definition) is 6. The third-order valence-electron chi connectivity index (χ3n) is 2.82. The Morgan fingerprint density at radius 1 is 1.45 bits per heavy atom. The molecule has 0 aliphatic heterocycles. The number of aromatic nitrogens is 2. The van der Waals surface area contributed by atoms with Gasteiger partial charge in [0.1, 0.15) is 0 Å². The van der Waals surface area contributed by atoms with E-state index in [1.54, 1.807) is 27.0 Å². The fraction of sp³-hybridized carbons (Fsp3) is 0.333. The van der Waals surface area contributed by atoms with E-state index in [1.165, 1.54) is 6.07 Å². The van der Waals surface area contributed by atoms with Gasteiger partial charge in [0.2, 0.25) is 5.89 Å². The molecule has 0 aliphatic carbocycles. The Bertz CT molecular complexity index is 656. The average molecular weight is 297 g/mol. The van der Waals surface area contributed by atoms with Crippen LogP contribution >= 0.6 is 11.6 Å². The summed E-state index contributed by atoms with van der Waals surface area (Å²) in [7, 11) is 1.80. The smallest absolute Gasteiger partial charge is 0.273 e. The molecule has 1 aromatic heterocycles. The molecule has 1 heterocycles. The molecule has 0 spiro atoms. The molecule has 0 N–H and O–H groups in total. The third kappa shape index (κ3) is 2.88. The summed E-state index contributed by atoms with van der Waals surface area (Å²) in [5.74, 6) is 1.01. The molecule has 0 bridgehead atoms. The maximum absolute atomic E-state index is 10.8. The van der Waals surface area contributed by atoms with Crippen LogP contribution in [0.25, 0.3) is 0 Å². The quantitative estimate of drug-likeness (QED) is 0.637. The van der Waals surface area contributed by atoms with Crippen molar-refractivity contribution in [2.45, 2.75) is 20.4 Å². The van der Waals surface area contributed by atoms with Crippen molar-refractivity contribution in [3.63, 3.8) is 0 Å². The second kappa shape index (κ2) is 5.46. The molecule has 0 fully saturated rings. The van der Waals surface area contributed by atoms with Gasteiger partial charge in [0.05, 0.1) is 22.2 Å². The molecule has 0 saturated heterocycles. The Morgan fingerprint density at radius 3 is 2.70 bits per heavy atom. The molecule has 0 saturated carbocycles. The van der Waals surface area contributed by atoms with Crippen LogP contribution in [0.5, 0.6) is 0 Å². The first kappa shape index (κ1) is 14.3. The minimum absolute atomic E-state index is 0.00237. The van der Waals surface area contributed by atoms with Crippen LogP contribution in [0, 0.1) is 24.0 Å². The highest BCUT2D eigenvalue weighted by Crippen LogP contribution is 2.32. The van der Waals surface area contributed by atoms with Gasteiger partial charge in [-0.05, 0) is 13.0 Å². The molecule has 1 aromatic carbocycles. The zero-order chi connectivity index (χ0) is 14.9. The van der Waals surface area contributed by atoms with Crippen LogP contribution in [-0.2, 0) is 6.54 Å². The fourth-order valence-corrected chi connectivity index (χ4v) is 2.15. The van der Waals surface area contributed by atoms with E-state index in [9.17, 15) is 10.1 Å². The van der Waals surface area contributed by atoms with Crippen molar-refractivity contribution in [1.82, 2.24) is 10.1 Å². The molecule has 0 radical (unpaired) electrons. The lowest BCUT2D eigenvalue weighted by Crippen LogP contribution is -2.18. The van der Waals surface area contributed by atoms with E-state index < -0.39 is 4.92 Å². The van der Waals surface area contributed by atoms with Gasteiger partial charge in [-0.3, -0.25) is 10.1 Å². The summed E-state index contributed by atoms with van der Waals surface area (Å²) in [6.45, 7) is 3.78. The lowest BCUT2D eigenvalue weighted by molar-refractivity contribution is -0.385. The number of benzene rings is 1. The van der Waals surface area contributed by atoms with Crippen LogP contribution in [0.1, 0.15) is 17.3 Å². The monoisotopic (exact) mass is 296 g/mol. The van der Waals surface area contributed by atoms with Gasteiger partial charge in [0.25, 0.3) is 5.69 Å². The predicted octanol–water partition coefficient (Wildman–Crippen LogP) is 2.88. The minimum atomic E-state index is -0.451. The lowest BCUT2D eigenvalue weighted by Gasteiger charge is -2.19. The topological polar surface area (TPSA) is 85.3 Å². The number of anilines is 1. The molecule has 0 atom stereocenters. The maximum Gasteiger partial charge on any atom is 0.273 e. The van der Waals surface area contributed by atoms with Crippen LogP contribution in [-0.4, -0.2) is 22.1 Å². The van der Waals surface area contributed by atoms with Crippen molar-refractivity contribution in [3.05, 3.63) is 44.5 Å². The lowest BCUT2D eigenvalue weighted by atomic mass is 10.1. The molecule has 2 rings (SSSR count). The van der Waals surface area contributed by atoms with Crippen molar-refractivity contribution >= 4 is 23.0 Å². The van der Waals surface area contributed by atoms with Crippen molar-refractivity contribution < 1.29 is 9.45 Å². The highest BCUT2D eigenvalue weighted by atomic mass is 35.5. The molecule has 8 heteroatoms. The first-order valence-corrected chi connectivity index (χ1v) is 6.21. The number of rotatable bonds is 4. The molecular formula is C12H13ClN4O3. The summed E-state index contributed by atoms with van der Waals surface area (Å²) in [6.07, 6.45) is 0. The Labute approximate surface area is 120 Å². The minimum Gasteiger partial charge on any atom is -0.366 e. The molecule has 0 unspecified atom stereocenters. The second-order valence-electron chi connectivity index (χ2n) is 4.43. The Morgan fingerprint density at radius 2 is 2.15 bits per heavy atom. The molecular weight excluding hydrogens is 284 g/mol. The average Bonchev–Trinajstić information content (AvgIpc) is 2.76. The highest BCUT2D eigenvalue weighted by Gasteiger charge is 2.17. The molecule has 7 nitrogen and oxygen atoms in total. The van der Waals surface area contributed by atoms with Crippen molar-refractivity contribution in [2.75, 3.05) is 11.9 Å². The highest BCUT2D eigenvalue weighted by molar-refractivity contribution is 6.33. The Balaban J connectivity index is 2.28. The van der Waals surface area contributed by atoms with E-state index >= 15 is 0 Å². The van der Waals surface area contributed by atoms with Gasteiger partial charge in [-0.2, -0.15) is 4.98 Å². The van der Waals surface area contributed by atoms with Gasteiger partial charge >= 0.3 is 0 Å². The number of nitro benzene ring substituents is 1. The Kier molecular flexibility index (Phi) is 3.89. The van der Waals surface area contributed by atoms with Crippen LogP contribution < -0.4 is 4.90 Å². The fourth-order valence-electron chi connectivity index (χ4n) is 1.85. The zero-order valence-electron chi connectivity index (χ0n) is 11.3. The number of halogens is 1. The number of aryl methyl sites for hydroxylation is 2. The van der Waals surface area contributed by atoms with Crippen molar-refractivity contribution in [2.24, 2.45) is 0 Å². The molecule has 20 heavy (non-hydrogen) atoms. The SMILES string of the molecule is Cc1nc(CN(C)c2cc(C)c([N+](=O)[O-])cc2Cl)no1. The summed E-state index contributed by atoms with van der Waals surface area (Å²) in [6, 6.07) is 3.03. The van der Waals surface area contributed by atoms with Crippen LogP contribution in [0.15, 0.2) is 16.7 Å². The van der Waals surface area contributed by atoms with Gasteiger partial charge in [0.15, 0.2) is 5.82 Å². The molecule has 0 amide bonds. The molecule has 106 valence electrons. The van der Waals surface area contributed by atoms with E-state index in [1.807, 2.05) is 4.90 Å². The van der Waals surface area contributed by atoms with Crippen LogP contribution in [0.2, 0.25) is 5.02 Å². The standard InChI is InChI=1S/C12H13ClN4O3/c1-7-4-11(9(13)5-10(7)17(18)19)16(3)6-12-14-8(2)20-15-12/h4-5H,6H2,1-3H3. The first-order valence-electron chi connectivity index (χ1n) is 5.83. The molecule has 2 aromatic rings. The van der Waals surface area contributed by atoms with Gasteiger partial charge in [0, 0.05) is 25.6 Å². The summed E-state index contributed by atoms with van der Waals surface area (Å²) in [5, 5.41) is 15.0. The van der Waals surface area contributed by atoms with Gasteiger partial charge < -0.3 is 9.42 Å². The van der Waals surface area contributed by atoms with E-state index in [-0.39, 0.29) is 5.69 Å². The number of nitrogens with zero attached hydrogens (tertiary/aromatic N) is 4. The molecule has 0 aliphatic rings. The summed E-state index contributed by atoms with van der Waals surface area (Å²) in [4.78, 5) is 16.3. The summed E-state index contributed by atoms with van der Waals surface area (Å²) in [5.41, 5.74) is 1.23. The largest absolute Gasteiger partial charge is 0.366 e. The van der Waals surface area contributed by atoms with Crippen molar-refractivity contribution in [3.8, 4) is 0 Å². The predicted molar refractivity (Wildman–Crippen MR) is 74.0 cm³/mol. The maximum atomic E-state index is 10.8. The van der Waals surface area contributed by atoms with E-state index in [4.69, 9.17) is 16.1 Å². The van der Waals surface area contributed by atoms with E-state index in [0.717, 1.165) is 0 Å².